The monoisotopic (exact) mass is 263 g/mol. The predicted octanol–water partition coefficient (Wildman–Crippen LogP) is 1.56. The normalized spacial score (nSPS) is 10.2. The average molecular weight is 263 g/mol. The molecule has 0 spiro atoms. The Labute approximate surface area is 109 Å². The van der Waals surface area contributed by atoms with Crippen LogP contribution in [0.1, 0.15) is 15.4 Å². The molecule has 0 unspecified atom stereocenters. The average Bonchev–Trinajstić information content (AvgIpc) is 2.76. The van der Waals surface area contributed by atoms with Crippen LogP contribution < -0.4 is 10.2 Å². The largest absolute Gasteiger partial charge is 0.347 e. The zero-order valence-corrected chi connectivity index (χ0v) is 11.2. The summed E-state index contributed by atoms with van der Waals surface area (Å²) in [6, 6.07) is 0. The summed E-state index contributed by atoms with van der Waals surface area (Å²) in [4.78, 5) is 26.6. The van der Waals surface area contributed by atoms with Crippen molar-refractivity contribution in [3.05, 3.63) is 28.5 Å². The molecule has 6 nitrogen and oxygen atoms in total. The number of thiazole rings is 1. The number of amides is 1. The number of rotatable bonds is 3. The first-order valence-electron chi connectivity index (χ1n) is 5.28. The number of aryl methyl sites for hydroxylation is 1. The fourth-order valence-electron chi connectivity index (χ4n) is 1.32. The van der Waals surface area contributed by atoms with Crippen LogP contribution in [0.2, 0.25) is 0 Å². The first-order chi connectivity index (χ1) is 8.58. The van der Waals surface area contributed by atoms with Crippen LogP contribution in [-0.4, -0.2) is 35.0 Å². The minimum atomic E-state index is -0.184. The number of aromatic nitrogens is 3. The molecule has 0 aliphatic rings. The number of anilines is 2. The van der Waals surface area contributed by atoms with Crippen molar-refractivity contribution >= 4 is 28.9 Å². The first-order valence-corrected chi connectivity index (χ1v) is 6.16. The van der Waals surface area contributed by atoms with Crippen LogP contribution in [-0.2, 0) is 0 Å². The summed E-state index contributed by atoms with van der Waals surface area (Å²) in [5.74, 6) is 0.415. The molecule has 0 aliphatic carbocycles. The van der Waals surface area contributed by atoms with Crippen LogP contribution in [0.5, 0.6) is 0 Å². The highest BCUT2D eigenvalue weighted by molar-refractivity contribution is 7.12. The Hall–Kier alpha value is -2.02. The van der Waals surface area contributed by atoms with Crippen molar-refractivity contribution in [3.8, 4) is 0 Å². The Bertz CT molecular complexity index is 549. The molecule has 94 valence electrons. The molecular formula is C11H13N5OS. The number of nitrogens with zero attached hydrogens (tertiary/aromatic N) is 4. The summed E-state index contributed by atoms with van der Waals surface area (Å²) in [5.41, 5.74) is 2.94. The molecule has 2 heterocycles. The Morgan fingerprint density at radius 3 is 2.44 bits per heavy atom. The van der Waals surface area contributed by atoms with Gasteiger partial charge in [-0.2, -0.15) is 0 Å². The van der Waals surface area contributed by atoms with Gasteiger partial charge in [0, 0.05) is 14.1 Å². The lowest BCUT2D eigenvalue weighted by Crippen LogP contribution is -2.15. The maximum absolute atomic E-state index is 11.9. The summed E-state index contributed by atoms with van der Waals surface area (Å²) in [6.45, 7) is 1.80. The van der Waals surface area contributed by atoms with Crippen molar-refractivity contribution in [2.75, 3.05) is 24.3 Å². The number of carbonyl (C=O) groups excluding carboxylic acids is 1. The van der Waals surface area contributed by atoms with E-state index < -0.39 is 0 Å². The summed E-state index contributed by atoms with van der Waals surface area (Å²) in [6.07, 6.45) is 3.16. The summed E-state index contributed by atoms with van der Waals surface area (Å²) < 4.78 is 0. The summed E-state index contributed by atoms with van der Waals surface area (Å²) in [5, 5.41) is 2.74. The van der Waals surface area contributed by atoms with Crippen LogP contribution in [0, 0.1) is 6.92 Å². The molecule has 0 saturated heterocycles. The van der Waals surface area contributed by atoms with Gasteiger partial charge >= 0.3 is 0 Å². The van der Waals surface area contributed by atoms with Gasteiger partial charge in [0.1, 0.15) is 4.88 Å². The van der Waals surface area contributed by atoms with Gasteiger partial charge in [-0.25, -0.2) is 15.0 Å². The van der Waals surface area contributed by atoms with Crippen molar-refractivity contribution in [3.63, 3.8) is 0 Å². The van der Waals surface area contributed by atoms with Crippen molar-refractivity contribution in [1.82, 2.24) is 15.0 Å². The molecule has 0 radical (unpaired) electrons. The van der Waals surface area contributed by atoms with Gasteiger partial charge < -0.3 is 10.2 Å². The van der Waals surface area contributed by atoms with Crippen LogP contribution in [0.4, 0.5) is 11.6 Å². The number of nitrogens with one attached hydrogen (secondary N) is 1. The molecule has 0 aliphatic heterocycles. The van der Waals surface area contributed by atoms with Crippen LogP contribution in [0.15, 0.2) is 17.9 Å². The maximum atomic E-state index is 11.9. The molecule has 7 heteroatoms. The topological polar surface area (TPSA) is 71.0 Å². The number of hydrogen-bond donors (Lipinski definition) is 1. The zero-order chi connectivity index (χ0) is 13.1. The van der Waals surface area contributed by atoms with Crippen LogP contribution in [0.25, 0.3) is 0 Å². The van der Waals surface area contributed by atoms with E-state index in [1.54, 1.807) is 29.7 Å². The van der Waals surface area contributed by atoms with E-state index in [9.17, 15) is 4.79 Å². The molecular weight excluding hydrogens is 250 g/mol. The molecule has 1 amide bonds. The minimum Gasteiger partial charge on any atom is -0.347 e. The Morgan fingerprint density at radius 2 is 1.94 bits per heavy atom. The van der Waals surface area contributed by atoms with Gasteiger partial charge in [-0.15, -0.1) is 11.3 Å². The molecule has 2 aromatic rings. The second kappa shape index (κ2) is 5.09. The van der Waals surface area contributed by atoms with E-state index in [4.69, 9.17) is 0 Å². The van der Waals surface area contributed by atoms with E-state index in [1.807, 2.05) is 14.1 Å². The molecule has 0 atom stereocenters. The van der Waals surface area contributed by atoms with Gasteiger partial charge in [0.2, 0.25) is 5.95 Å². The second-order valence-corrected chi connectivity index (χ2v) is 4.74. The molecule has 0 aromatic carbocycles. The molecule has 0 saturated carbocycles. The quantitative estimate of drug-likeness (QED) is 0.910. The SMILES string of the molecule is Cc1ncsc1C(=O)Nc1cnc(N(C)C)nc1. The van der Waals surface area contributed by atoms with Gasteiger partial charge in [0.25, 0.3) is 5.91 Å². The van der Waals surface area contributed by atoms with Gasteiger partial charge in [-0.05, 0) is 6.92 Å². The second-order valence-electron chi connectivity index (χ2n) is 3.89. The van der Waals surface area contributed by atoms with Crippen molar-refractivity contribution in [2.45, 2.75) is 6.92 Å². The zero-order valence-electron chi connectivity index (χ0n) is 10.3. The third-order valence-electron chi connectivity index (χ3n) is 2.25. The highest BCUT2D eigenvalue weighted by Crippen LogP contribution is 2.15. The first kappa shape index (κ1) is 12.4. The molecule has 2 aromatic heterocycles. The van der Waals surface area contributed by atoms with Gasteiger partial charge in [0.05, 0.1) is 29.3 Å². The van der Waals surface area contributed by atoms with E-state index >= 15 is 0 Å². The van der Waals surface area contributed by atoms with Crippen molar-refractivity contribution < 1.29 is 4.79 Å². The minimum absolute atomic E-state index is 0.184. The Balaban J connectivity index is 2.10. The van der Waals surface area contributed by atoms with E-state index in [1.165, 1.54) is 11.3 Å². The molecule has 18 heavy (non-hydrogen) atoms. The van der Waals surface area contributed by atoms with E-state index in [0.717, 1.165) is 5.69 Å². The molecule has 1 N–H and O–H groups in total. The smallest absolute Gasteiger partial charge is 0.267 e. The Morgan fingerprint density at radius 1 is 1.28 bits per heavy atom. The van der Waals surface area contributed by atoms with E-state index in [0.29, 0.717) is 16.5 Å². The lowest BCUT2D eigenvalue weighted by atomic mass is 10.3. The maximum Gasteiger partial charge on any atom is 0.267 e. The van der Waals surface area contributed by atoms with Crippen LogP contribution >= 0.6 is 11.3 Å². The lowest BCUT2D eigenvalue weighted by molar-refractivity contribution is 0.102. The summed E-state index contributed by atoms with van der Waals surface area (Å²) >= 11 is 1.31. The number of carbonyl (C=O) groups is 1. The molecule has 0 bridgehead atoms. The van der Waals surface area contributed by atoms with Crippen LogP contribution in [0.3, 0.4) is 0 Å². The van der Waals surface area contributed by atoms with E-state index in [2.05, 4.69) is 20.3 Å². The molecule has 2 rings (SSSR count). The highest BCUT2D eigenvalue weighted by atomic mass is 32.1. The van der Waals surface area contributed by atoms with Crippen molar-refractivity contribution in [2.24, 2.45) is 0 Å². The van der Waals surface area contributed by atoms with Gasteiger partial charge in [-0.1, -0.05) is 0 Å². The molecule has 0 fully saturated rings. The van der Waals surface area contributed by atoms with Crippen molar-refractivity contribution in [1.29, 1.82) is 0 Å². The highest BCUT2D eigenvalue weighted by Gasteiger charge is 2.12. The number of hydrogen-bond acceptors (Lipinski definition) is 6. The third kappa shape index (κ3) is 2.62. The fraction of sp³-hybridized carbons (Fsp3) is 0.273. The summed E-state index contributed by atoms with van der Waals surface area (Å²) in [7, 11) is 3.71. The third-order valence-corrected chi connectivity index (χ3v) is 3.18. The van der Waals surface area contributed by atoms with E-state index in [-0.39, 0.29) is 5.91 Å². The fourth-order valence-corrected chi connectivity index (χ4v) is 2.02. The van der Waals surface area contributed by atoms with Gasteiger partial charge in [-0.3, -0.25) is 4.79 Å². The standard InChI is InChI=1S/C11H13N5OS/c1-7-9(18-6-14-7)10(17)15-8-4-12-11(13-5-8)16(2)3/h4-6H,1-3H3,(H,15,17). The predicted molar refractivity (Wildman–Crippen MR) is 71.2 cm³/mol. The Kier molecular flexibility index (Phi) is 3.52. The lowest BCUT2D eigenvalue weighted by Gasteiger charge is -2.10. The van der Waals surface area contributed by atoms with Gasteiger partial charge in [0.15, 0.2) is 0 Å².